The second kappa shape index (κ2) is 7.15. The molecule has 116 valence electrons. The molecule has 2 heterocycles. The molecule has 0 radical (unpaired) electrons. The highest BCUT2D eigenvalue weighted by molar-refractivity contribution is 7.13. The smallest absolute Gasteiger partial charge is 0.312 e. The Kier molecular flexibility index (Phi) is 4.78. The van der Waals surface area contributed by atoms with E-state index < -0.39 is 0 Å². The van der Waals surface area contributed by atoms with E-state index in [0.29, 0.717) is 0 Å². The first-order chi connectivity index (χ1) is 11.2. The summed E-state index contributed by atoms with van der Waals surface area (Å²) in [5.41, 5.74) is 2.66. The molecule has 4 nitrogen and oxygen atoms in total. The maximum absolute atomic E-state index is 12.1. The van der Waals surface area contributed by atoms with Gasteiger partial charge in [-0.2, -0.15) is 0 Å². The van der Waals surface area contributed by atoms with Crippen molar-refractivity contribution < 1.29 is 9.53 Å². The first-order valence-corrected chi connectivity index (χ1v) is 8.19. The van der Waals surface area contributed by atoms with Crippen LogP contribution in [-0.4, -0.2) is 15.9 Å². The summed E-state index contributed by atoms with van der Waals surface area (Å²) in [5, 5.41) is 2.74. The van der Waals surface area contributed by atoms with Gasteiger partial charge in [-0.05, 0) is 24.6 Å². The molecule has 0 aliphatic rings. The maximum Gasteiger partial charge on any atom is 0.312 e. The molecule has 0 saturated heterocycles. The zero-order valence-corrected chi connectivity index (χ0v) is 13.5. The molecule has 23 heavy (non-hydrogen) atoms. The molecule has 0 N–H and O–H groups in total. The second-order valence-electron chi connectivity index (χ2n) is 5.11. The fourth-order valence-corrected chi connectivity index (χ4v) is 3.00. The summed E-state index contributed by atoms with van der Waals surface area (Å²) in [6.07, 6.45) is 3.40. The first kappa shape index (κ1) is 15.4. The van der Waals surface area contributed by atoms with Gasteiger partial charge >= 0.3 is 5.97 Å². The number of ether oxygens (including phenoxy) is 1. The van der Waals surface area contributed by atoms with Crippen molar-refractivity contribution in [1.82, 2.24) is 9.97 Å². The Hall–Kier alpha value is -2.53. The van der Waals surface area contributed by atoms with Gasteiger partial charge in [0.15, 0.2) is 0 Å². The third kappa shape index (κ3) is 4.02. The highest BCUT2D eigenvalue weighted by Gasteiger charge is 2.14. The summed E-state index contributed by atoms with van der Waals surface area (Å²) >= 11 is 1.50. The molecular weight excluding hydrogens is 308 g/mol. The van der Waals surface area contributed by atoms with Crippen molar-refractivity contribution in [2.45, 2.75) is 19.4 Å². The van der Waals surface area contributed by atoms with E-state index in [0.717, 1.165) is 21.8 Å². The zero-order chi connectivity index (χ0) is 16.1. The number of hydrogen-bond acceptors (Lipinski definition) is 5. The van der Waals surface area contributed by atoms with E-state index in [9.17, 15) is 4.79 Å². The van der Waals surface area contributed by atoms with E-state index in [1.165, 1.54) is 11.3 Å². The zero-order valence-electron chi connectivity index (χ0n) is 12.7. The number of carbonyl (C=O) groups excluding carboxylic acids is 1. The summed E-state index contributed by atoms with van der Waals surface area (Å²) in [4.78, 5) is 20.6. The lowest BCUT2D eigenvalue weighted by atomic mass is 10.1. The summed E-state index contributed by atoms with van der Waals surface area (Å²) in [6.45, 7) is 1.87. The number of benzene rings is 1. The Morgan fingerprint density at radius 1 is 1.22 bits per heavy atom. The van der Waals surface area contributed by atoms with E-state index in [-0.39, 0.29) is 18.5 Å². The normalized spacial score (nSPS) is 11.9. The number of carbonyl (C=O) groups is 1. The lowest BCUT2D eigenvalue weighted by molar-refractivity contribution is -0.147. The summed E-state index contributed by atoms with van der Waals surface area (Å²) in [7, 11) is 0. The van der Waals surface area contributed by atoms with Gasteiger partial charge in [-0.25, -0.2) is 4.98 Å². The largest absolute Gasteiger partial charge is 0.457 e. The minimum Gasteiger partial charge on any atom is -0.457 e. The summed E-state index contributed by atoms with van der Waals surface area (Å²) in [5.74, 6) is -0.274. The fourth-order valence-electron chi connectivity index (χ4n) is 2.19. The Morgan fingerprint density at radius 3 is 2.78 bits per heavy atom. The summed E-state index contributed by atoms with van der Waals surface area (Å²) < 4.78 is 5.47. The molecule has 0 fully saturated rings. The Balaban J connectivity index is 1.61. The molecular formula is C18H16N2O2S. The first-order valence-electron chi connectivity index (χ1n) is 7.31. The minimum absolute atomic E-state index is 0.175. The lowest BCUT2D eigenvalue weighted by Crippen LogP contribution is -2.11. The van der Waals surface area contributed by atoms with Crippen LogP contribution in [0.15, 0.2) is 60.2 Å². The SMILES string of the molecule is C[C@H](OC(=O)Cc1csc(-c2cccnc2)n1)c1ccccc1. The molecule has 0 unspecified atom stereocenters. The number of aromatic nitrogens is 2. The number of hydrogen-bond donors (Lipinski definition) is 0. The highest BCUT2D eigenvalue weighted by atomic mass is 32.1. The number of esters is 1. The van der Waals surface area contributed by atoms with Gasteiger partial charge in [0.2, 0.25) is 0 Å². The molecule has 5 heteroatoms. The van der Waals surface area contributed by atoms with Crippen molar-refractivity contribution in [3.05, 3.63) is 71.5 Å². The number of thiazole rings is 1. The number of rotatable bonds is 5. The van der Waals surface area contributed by atoms with Crippen LogP contribution in [0, 0.1) is 0 Å². The number of pyridine rings is 1. The van der Waals surface area contributed by atoms with Crippen molar-refractivity contribution in [3.8, 4) is 10.6 Å². The molecule has 3 aromatic rings. The van der Waals surface area contributed by atoms with Crippen molar-refractivity contribution in [1.29, 1.82) is 0 Å². The Bertz CT molecular complexity index is 772. The van der Waals surface area contributed by atoms with Gasteiger partial charge in [0.1, 0.15) is 11.1 Å². The molecule has 3 rings (SSSR count). The average molecular weight is 324 g/mol. The molecule has 0 aliphatic heterocycles. The molecule has 0 amide bonds. The molecule has 2 aromatic heterocycles. The van der Waals surface area contributed by atoms with Gasteiger partial charge in [-0.15, -0.1) is 11.3 Å². The summed E-state index contributed by atoms with van der Waals surface area (Å²) in [6, 6.07) is 13.5. The Labute approximate surface area is 138 Å². The molecule has 0 aliphatic carbocycles. The predicted octanol–water partition coefficient (Wildman–Crippen LogP) is 4.05. The average Bonchev–Trinajstić information content (AvgIpc) is 3.04. The van der Waals surface area contributed by atoms with Crippen LogP contribution in [0.4, 0.5) is 0 Å². The molecule has 0 bridgehead atoms. The monoisotopic (exact) mass is 324 g/mol. The van der Waals surface area contributed by atoms with Gasteiger partial charge in [0.25, 0.3) is 0 Å². The fraction of sp³-hybridized carbons (Fsp3) is 0.167. The van der Waals surface area contributed by atoms with Crippen molar-refractivity contribution >= 4 is 17.3 Å². The van der Waals surface area contributed by atoms with E-state index in [4.69, 9.17) is 4.74 Å². The Morgan fingerprint density at radius 2 is 2.04 bits per heavy atom. The van der Waals surface area contributed by atoms with Crippen LogP contribution in [0.1, 0.15) is 24.3 Å². The van der Waals surface area contributed by atoms with E-state index in [2.05, 4.69) is 9.97 Å². The van der Waals surface area contributed by atoms with Crippen molar-refractivity contribution in [2.24, 2.45) is 0 Å². The van der Waals surface area contributed by atoms with Crippen molar-refractivity contribution in [2.75, 3.05) is 0 Å². The van der Waals surface area contributed by atoms with Gasteiger partial charge in [0.05, 0.1) is 12.1 Å². The van der Waals surface area contributed by atoms with Crippen LogP contribution in [0.3, 0.4) is 0 Å². The minimum atomic E-state index is -0.274. The highest BCUT2D eigenvalue weighted by Crippen LogP contribution is 2.23. The molecule has 0 saturated carbocycles. The van der Waals surface area contributed by atoms with Crippen molar-refractivity contribution in [3.63, 3.8) is 0 Å². The molecule has 1 aromatic carbocycles. The van der Waals surface area contributed by atoms with Gasteiger partial charge in [0, 0.05) is 23.3 Å². The topological polar surface area (TPSA) is 52.1 Å². The predicted molar refractivity (Wildman–Crippen MR) is 90.0 cm³/mol. The van der Waals surface area contributed by atoms with Gasteiger partial charge in [-0.1, -0.05) is 30.3 Å². The van der Waals surface area contributed by atoms with E-state index in [1.54, 1.807) is 12.4 Å². The maximum atomic E-state index is 12.1. The second-order valence-corrected chi connectivity index (χ2v) is 5.96. The van der Waals surface area contributed by atoms with Crippen LogP contribution < -0.4 is 0 Å². The van der Waals surface area contributed by atoms with E-state index in [1.807, 2.05) is 54.8 Å². The van der Waals surface area contributed by atoms with Crippen LogP contribution in [-0.2, 0) is 16.0 Å². The third-order valence-corrected chi connectivity index (χ3v) is 4.30. The van der Waals surface area contributed by atoms with Crippen LogP contribution in [0.2, 0.25) is 0 Å². The van der Waals surface area contributed by atoms with Crippen LogP contribution in [0.25, 0.3) is 10.6 Å². The van der Waals surface area contributed by atoms with Crippen LogP contribution >= 0.6 is 11.3 Å². The molecule has 0 spiro atoms. The number of nitrogens with zero attached hydrogens (tertiary/aromatic N) is 2. The standard InChI is InChI=1S/C18H16N2O2S/c1-13(14-6-3-2-4-7-14)22-17(21)10-16-12-23-18(20-16)15-8-5-9-19-11-15/h2-9,11-13H,10H2,1H3/t13-/m0/s1. The van der Waals surface area contributed by atoms with E-state index >= 15 is 0 Å². The quantitative estimate of drug-likeness (QED) is 0.664. The molecule has 1 atom stereocenters. The van der Waals surface area contributed by atoms with Gasteiger partial charge < -0.3 is 4.74 Å². The third-order valence-electron chi connectivity index (χ3n) is 3.36. The lowest BCUT2D eigenvalue weighted by Gasteiger charge is -2.12. The van der Waals surface area contributed by atoms with Crippen LogP contribution in [0.5, 0.6) is 0 Å². The van der Waals surface area contributed by atoms with Gasteiger partial charge in [-0.3, -0.25) is 9.78 Å².